The van der Waals surface area contributed by atoms with E-state index in [9.17, 15) is 18.7 Å². The minimum absolute atomic E-state index is 0. The van der Waals surface area contributed by atoms with Gasteiger partial charge in [-0.15, -0.1) is 12.1 Å². The number of fused-ring (bicyclic) bond motifs is 6. The number of halogens is 2. The molecule has 12 heteroatoms. The summed E-state index contributed by atoms with van der Waals surface area (Å²) in [4.78, 5) is 19.6. The molecule has 0 atom stereocenters. The minimum Gasteiger partial charge on any atom is -0.494 e. The fourth-order valence-electron chi connectivity index (χ4n) is 8.59. The van der Waals surface area contributed by atoms with Gasteiger partial charge in [-0.1, -0.05) is 96.6 Å². The van der Waals surface area contributed by atoms with Crippen LogP contribution in [0.25, 0.3) is 66.2 Å². The van der Waals surface area contributed by atoms with Crippen molar-refractivity contribution in [3.63, 3.8) is 0 Å². The third-order valence-electron chi connectivity index (χ3n) is 11.4. The van der Waals surface area contributed by atoms with E-state index in [0.717, 1.165) is 56.7 Å². The molecule has 11 aromatic rings. The number of carboxylic acids is 1. The molecule has 0 fully saturated rings. The zero-order valence-corrected chi connectivity index (χ0v) is 39.4. The predicted molar refractivity (Wildman–Crippen MR) is 261 cm³/mol. The normalized spacial score (nSPS) is 11.0. The summed E-state index contributed by atoms with van der Waals surface area (Å²) in [5, 5.41) is 14.4. The summed E-state index contributed by atoms with van der Waals surface area (Å²) in [7, 11) is 0. The van der Waals surface area contributed by atoms with Crippen LogP contribution in [0.5, 0.6) is 17.2 Å². The van der Waals surface area contributed by atoms with Crippen LogP contribution in [0.15, 0.2) is 188 Å². The molecule has 69 heavy (non-hydrogen) atoms. The number of carbonyl (C=O) groups is 1. The fraction of sp³-hybridized carbons (Fsp3) is 0.0702. The number of ether oxygens (including phenoxy) is 3. The van der Waals surface area contributed by atoms with E-state index in [1.807, 2.05) is 25.1 Å². The van der Waals surface area contributed by atoms with E-state index in [1.54, 1.807) is 36.5 Å². The van der Waals surface area contributed by atoms with Crippen LogP contribution < -0.4 is 14.2 Å². The van der Waals surface area contributed by atoms with Gasteiger partial charge in [0, 0.05) is 83.1 Å². The molecular weight excluding hydrogens is 1050 g/mol. The molecule has 343 valence electrons. The van der Waals surface area contributed by atoms with Crippen molar-refractivity contribution >= 4 is 49.6 Å². The molecule has 0 saturated heterocycles. The van der Waals surface area contributed by atoms with Crippen molar-refractivity contribution in [3.05, 3.63) is 223 Å². The van der Waals surface area contributed by atoms with Gasteiger partial charge in [-0.05, 0) is 96.5 Å². The largest absolute Gasteiger partial charge is 0.494 e. The van der Waals surface area contributed by atoms with Crippen LogP contribution in [0.1, 0.15) is 28.5 Å². The summed E-state index contributed by atoms with van der Waals surface area (Å²) < 4.78 is 48.9. The summed E-state index contributed by atoms with van der Waals surface area (Å²) in [6.45, 7) is 2.77. The number of aromatic carboxylic acids is 1. The predicted octanol–water partition coefficient (Wildman–Crippen LogP) is 13.4. The number of benzene rings is 7. The molecule has 1 N–H and O–H groups in total. The van der Waals surface area contributed by atoms with Crippen molar-refractivity contribution in [1.29, 1.82) is 0 Å². The Hall–Kier alpha value is -8.18. The third-order valence-corrected chi connectivity index (χ3v) is 11.4. The first-order valence-corrected chi connectivity index (χ1v) is 21.9. The van der Waals surface area contributed by atoms with Crippen molar-refractivity contribution in [1.82, 2.24) is 19.1 Å². The average Bonchev–Trinajstić information content (AvgIpc) is 3.89. The van der Waals surface area contributed by atoms with Crippen LogP contribution in [0.2, 0.25) is 0 Å². The number of aromatic nitrogens is 4. The zero-order valence-electron chi connectivity index (χ0n) is 37.0. The third kappa shape index (κ3) is 9.54. The second-order valence-electron chi connectivity index (χ2n) is 15.8. The van der Waals surface area contributed by atoms with Gasteiger partial charge >= 0.3 is 5.97 Å². The number of hydrogen-bond donors (Lipinski definition) is 1. The number of rotatable bonds is 12. The van der Waals surface area contributed by atoms with E-state index >= 15 is 0 Å². The van der Waals surface area contributed by atoms with Gasteiger partial charge in [0.2, 0.25) is 0 Å². The summed E-state index contributed by atoms with van der Waals surface area (Å²) >= 11 is 0. The van der Waals surface area contributed by atoms with E-state index < -0.39 is 17.6 Å². The van der Waals surface area contributed by atoms with Gasteiger partial charge in [-0.2, -0.15) is 0 Å². The fourth-order valence-corrected chi connectivity index (χ4v) is 8.59. The van der Waals surface area contributed by atoms with Crippen LogP contribution in [0.4, 0.5) is 8.78 Å². The molecule has 11 rings (SSSR count). The first-order chi connectivity index (χ1) is 33.3. The standard InChI is InChI=1S/C46H35N3O5.C11H6F2N.Ir/c1-2-52-34-24-31(29-54-44-20-11-21-47-45(44)46(50)51)25-35(27-34)53-28-30-22-32(48-40-16-7-3-12-36(40)37-13-4-8-17-41(37)48)26-33(23-30)49-42-18-9-5-14-38(42)39-15-6-10-19-43(39)49;12-8-4-5-9(10(13)7-8)11-3-1-2-6-14-11;/h3-27H,2,28-29H2,1H3,(H,50,51);1-4,6-7H;/q;-1;. The van der Waals surface area contributed by atoms with Crippen LogP contribution >= 0.6 is 0 Å². The van der Waals surface area contributed by atoms with Crippen molar-refractivity contribution in [3.8, 4) is 39.9 Å². The Kier molecular flexibility index (Phi) is 13.6. The summed E-state index contributed by atoms with van der Waals surface area (Å²) in [6, 6.07) is 59.2. The van der Waals surface area contributed by atoms with E-state index in [4.69, 9.17) is 14.2 Å². The van der Waals surface area contributed by atoms with E-state index in [0.29, 0.717) is 23.8 Å². The number of pyridine rings is 2. The van der Waals surface area contributed by atoms with E-state index in [-0.39, 0.29) is 50.3 Å². The summed E-state index contributed by atoms with van der Waals surface area (Å²) in [5.74, 6) is -1.02. The molecular formula is C57H41F2IrN4O5-. The van der Waals surface area contributed by atoms with Crippen molar-refractivity contribution < 1.29 is 53.0 Å². The molecule has 0 spiro atoms. The molecule has 0 aliphatic heterocycles. The van der Waals surface area contributed by atoms with Crippen LogP contribution in [-0.4, -0.2) is 36.8 Å². The quantitative estimate of drug-likeness (QED) is 0.122. The van der Waals surface area contributed by atoms with Crippen LogP contribution in [0.3, 0.4) is 0 Å². The number of hydrogen-bond acceptors (Lipinski definition) is 6. The Bertz CT molecular complexity index is 3400. The maximum Gasteiger partial charge on any atom is 0.358 e. The minimum atomic E-state index is -1.15. The van der Waals surface area contributed by atoms with Gasteiger partial charge in [0.05, 0.1) is 28.7 Å². The van der Waals surface area contributed by atoms with Crippen LogP contribution in [0, 0.1) is 17.7 Å². The molecule has 0 aliphatic rings. The Labute approximate surface area is 409 Å². The maximum absolute atomic E-state index is 13.2. The second kappa shape index (κ2) is 20.4. The Balaban J connectivity index is 0.000000339. The zero-order chi connectivity index (χ0) is 46.6. The van der Waals surface area contributed by atoms with Crippen molar-refractivity contribution in [2.45, 2.75) is 20.1 Å². The maximum atomic E-state index is 13.2. The van der Waals surface area contributed by atoms with Crippen molar-refractivity contribution in [2.24, 2.45) is 0 Å². The first kappa shape index (κ1) is 46.0. The van der Waals surface area contributed by atoms with Gasteiger partial charge in [0.25, 0.3) is 0 Å². The molecule has 0 bridgehead atoms. The summed E-state index contributed by atoms with van der Waals surface area (Å²) in [5.41, 5.74) is 8.78. The monoisotopic (exact) mass is 1090 g/mol. The van der Waals surface area contributed by atoms with E-state index in [1.165, 1.54) is 27.7 Å². The molecule has 0 unspecified atom stereocenters. The number of para-hydroxylation sites is 4. The smallest absolute Gasteiger partial charge is 0.358 e. The van der Waals surface area contributed by atoms with Gasteiger partial charge in [-0.3, -0.25) is 8.78 Å². The molecule has 1 radical (unpaired) electrons. The number of nitrogens with zero attached hydrogens (tertiary/aromatic N) is 4. The van der Waals surface area contributed by atoms with Gasteiger partial charge < -0.3 is 33.4 Å². The van der Waals surface area contributed by atoms with Gasteiger partial charge in [0.15, 0.2) is 11.4 Å². The molecule has 0 aliphatic carbocycles. The van der Waals surface area contributed by atoms with E-state index in [2.05, 4.69) is 140 Å². The van der Waals surface area contributed by atoms with Gasteiger partial charge in [0.1, 0.15) is 24.7 Å². The Morgan fingerprint density at radius 2 is 1.09 bits per heavy atom. The Morgan fingerprint density at radius 1 is 0.580 bits per heavy atom. The average molecular weight is 1090 g/mol. The van der Waals surface area contributed by atoms with Crippen molar-refractivity contribution in [2.75, 3.05) is 6.61 Å². The molecule has 4 aromatic heterocycles. The molecule has 4 heterocycles. The molecule has 9 nitrogen and oxygen atoms in total. The Morgan fingerprint density at radius 3 is 1.61 bits per heavy atom. The van der Waals surface area contributed by atoms with Crippen LogP contribution in [-0.2, 0) is 33.3 Å². The molecule has 0 saturated carbocycles. The summed E-state index contributed by atoms with van der Waals surface area (Å²) in [6.07, 6.45) is 2.98. The van der Waals surface area contributed by atoms with Gasteiger partial charge in [-0.25, -0.2) is 9.78 Å². The second-order valence-corrected chi connectivity index (χ2v) is 15.8. The SMILES string of the molecule is CCOc1cc(COc2cccnc2C(=O)O)cc(OCc2cc(-n3c4ccccc4c4ccccc43)cc(-n3c4ccccc4c4ccccc43)c2)c1.Fc1c[c-]c(-c2ccccn2)c(F)c1.[Ir]. The molecule has 0 amide bonds. The molecule has 7 aromatic carbocycles. The topological polar surface area (TPSA) is 101 Å². The number of carboxylic acid groups (broad SMARTS) is 1. The first-order valence-electron chi connectivity index (χ1n) is 21.9.